The number of nitrogens with one attached hydrogen (secondary N) is 2. The number of urea groups is 1. The lowest BCUT2D eigenvalue weighted by Gasteiger charge is -2.56. The minimum absolute atomic E-state index is 0.000426. The molecule has 4 fully saturated rings. The molecule has 29 heavy (non-hydrogen) atoms. The van der Waals surface area contributed by atoms with Gasteiger partial charge in [0.15, 0.2) is 0 Å². The SMILES string of the molecule is O=C(Nc1ccc(Cn2cccc2C(=O)O)cc1)NC12CC3CC(CC(C3)C1)C2. The molecular formula is C23H27N3O3. The molecule has 6 nitrogen and oxygen atoms in total. The van der Waals surface area contributed by atoms with Crippen molar-refractivity contribution in [3.63, 3.8) is 0 Å². The number of aromatic carboxylic acids is 1. The molecule has 152 valence electrons. The summed E-state index contributed by atoms with van der Waals surface area (Å²) in [5.74, 6) is 1.45. The highest BCUT2D eigenvalue weighted by atomic mass is 16.4. The van der Waals surface area contributed by atoms with E-state index in [4.69, 9.17) is 0 Å². The zero-order valence-corrected chi connectivity index (χ0v) is 16.4. The average molecular weight is 393 g/mol. The predicted octanol–water partition coefficient (Wildman–Crippen LogP) is 4.32. The number of rotatable bonds is 5. The Hall–Kier alpha value is -2.76. The molecule has 0 radical (unpaired) electrons. The van der Waals surface area contributed by atoms with Crippen LogP contribution in [-0.2, 0) is 6.54 Å². The lowest BCUT2D eigenvalue weighted by molar-refractivity contribution is -0.0127. The summed E-state index contributed by atoms with van der Waals surface area (Å²) in [6.45, 7) is 0.481. The Morgan fingerprint density at radius 1 is 1.00 bits per heavy atom. The summed E-state index contributed by atoms with van der Waals surface area (Å²) in [5, 5.41) is 15.5. The molecule has 0 unspecified atom stereocenters. The van der Waals surface area contributed by atoms with E-state index in [9.17, 15) is 14.7 Å². The molecule has 1 heterocycles. The molecule has 2 aromatic rings. The molecule has 1 aromatic heterocycles. The number of benzene rings is 1. The molecule has 6 heteroatoms. The van der Waals surface area contributed by atoms with Crippen molar-refractivity contribution in [3.8, 4) is 0 Å². The summed E-state index contributed by atoms with van der Waals surface area (Å²) in [4.78, 5) is 23.9. The van der Waals surface area contributed by atoms with Gasteiger partial charge in [0, 0.05) is 24.0 Å². The topological polar surface area (TPSA) is 83.4 Å². The number of carboxylic acid groups (broad SMARTS) is 1. The number of hydrogen-bond donors (Lipinski definition) is 3. The van der Waals surface area contributed by atoms with Crippen LogP contribution < -0.4 is 10.6 Å². The van der Waals surface area contributed by atoms with E-state index in [-0.39, 0.29) is 17.3 Å². The summed E-state index contributed by atoms with van der Waals surface area (Å²) in [6, 6.07) is 10.8. The quantitative estimate of drug-likeness (QED) is 0.707. The number of aromatic nitrogens is 1. The first-order valence-electron chi connectivity index (χ1n) is 10.5. The molecule has 1 aromatic carbocycles. The van der Waals surface area contributed by atoms with E-state index in [0.29, 0.717) is 6.54 Å². The van der Waals surface area contributed by atoms with E-state index >= 15 is 0 Å². The third-order valence-electron chi connectivity index (χ3n) is 7.03. The number of carbonyl (C=O) groups is 2. The standard InChI is InChI=1S/C23H27N3O3/c27-21(28)20-2-1-7-26(20)14-15-3-5-19(6-4-15)24-22(29)25-23-11-16-8-17(12-23)10-18(9-16)13-23/h1-7,16-18H,8-14H2,(H,27,28)(H2,24,25,29). The fraction of sp³-hybridized carbons (Fsp3) is 0.478. The van der Waals surface area contributed by atoms with Crippen molar-refractivity contribution >= 4 is 17.7 Å². The van der Waals surface area contributed by atoms with E-state index in [1.807, 2.05) is 24.3 Å². The summed E-state index contributed by atoms with van der Waals surface area (Å²) < 4.78 is 1.70. The van der Waals surface area contributed by atoms with Gasteiger partial charge in [-0.3, -0.25) is 0 Å². The van der Waals surface area contributed by atoms with E-state index in [1.165, 1.54) is 19.3 Å². The van der Waals surface area contributed by atoms with Crippen molar-refractivity contribution in [1.29, 1.82) is 0 Å². The molecule has 0 saturated heterocycles. The van der Waals surface area contributed by atoms with Gasteiger partial charge in [-0.25, -0.2) is 9.59 Å². The highest BCUT2D eigenvalue weighted by Crippen LogP contribution is 2.55. The van der Waals surface area contributed by atoms with Crippen molar-refractivity contribution in [2.45, 2.75) is 50.6 Å². The van der Waals surface area contributed by atoms with Crippen LogP contribution in [0.2, 0.25) is 0 Å². The Kier molecular flexibility index (Phi) is 4.37. The van der Waals surface area contributed by atoms with Crippen LogP contribution in [-0.4, -0.2) is 27.2 Å². The van der Waals surface area contributed by atoms with E-state index in [1.54, 1.807) is 22.9 Å². The number of anilines is 1. The summed E-state index contributed by atoms with van der Waals surface area (Å²) in [7, 11) is 0. The maximum Gasteiger partial charge on any atom is 0.352 e. The summed E-state index contributed by atoms with van der Waals surface area (Å²) in [6.07, 6.45) is 9.23. The molecule has 4 bridgehead atoms. The van der Waals surface area contributed by atoms with Gasteiger partial charge in [-0.15, -0.1) is 0 Å². The average Bonchev–Trinajstić information content (AvgIpc) is 3.10. The van der Waals surface area contributed by atoms with Crippen LogP contribution in [0.25, 0.3) is 0 Å². The Morgan fingerprint density at radius 3 is 2.21 bits per heavy atom. The molecule has 4 aliphatic rings. The van der Waals surface area contributed by atoms with Crippen molar-refractivity contribution in [3.05, 3.63) is 53.9 Å². The Labute approximate surface area is 170 Å². The zero-order chi connectivity index (χ0) is 20.0. The number of carbonyl (C=O) groups excluding carboxylic acids is 1. The Morgan fingerprint density at radius 2 is 1.62 bits per heavy atom. The zero-order valence-electron chi connectivity index (χ0n) is 16.4. The first-order chi connectivity index (χ1) is 14.0. The first kappa shape index (κ1) is 18.3. The van der Waals surface area contributed by atoms with Crippen LogP contribution in [0.15, 0.2) is 42.6 Å². The lowest BCUT2D eigenvalue weighted by Crippen LogP contribution is -2.60. The summed E-state index contributed by atoms with van der Waals surface area (Å²) in [5.41, 5.74) is 2.00. The van der Waals surface area contributed by atoms with Gasteiger partial charge in [-0.05, 0) is 86.1 Å². The molecule has 3 N–H and O–H groups in total. The maximum atomic E-state index is 12.7. The molecule has 0 spiro atoms. The maximum absolute atomic E-state index is 12.7. The van der Waals surface area contributed by atoms with Crippen molar-refractivity contribution in [2.24, 2.45) is 17.8 Å². The van der Waals surface area contributed by atoms with Crippen molar-refractivity contribution in [1.82, 2.24) is 9.88 Å². The largest absolute Gasteiger partial charge is 0.477 e. The molecular weight excluding hydrogens is 366 g/mol. The molecule has 4 aliphatic carbocycles. The first-order valence-corrected chi connectivity index (χ1v) is 10.5. The van der Waals surface area contributed by atoms with E-state index in [0.717, 1.165) is 48.3 Å². The van der Waals surface area contributed by atoms with Crippen molar-refractivity contribution in [2.75, 3.05) is 5.32 Å². The van der Waals surface area contributed by atoms with Gasteiger partial charge in [-0.1, -0.05) is 12.1 Å². The molecule has 6 rings (SSSR count). The molecule has 4 saturated carbocycles. The second kappa shape index (κ2) is 6.94. The van der Waals surface area contributed by atoms with Crippen LogP contribution in [0.4, 0.5) is 10.5 Å². The second-order valence-electron chi connectivity index (χ2n) is 9.30. The molecule has 2 amide bonds. The smallest absolute Gasteiger partial charge is 0.352 e. The van der Waals surface area contributed by atoms with Crippen molar-refractivity contribution < 1.29 is 14.7 Å². The van der Waals surface area contributed by atoms with Crippen LogP contribution in [0.5, 0.6) is 0 Å². The van der Waals surface area contributed by atoms with Gasteiger partial charge in [0.1, 0.15) is 5.69 Å². The number of hydrogen-bond acceptors (Lipinski definition) is 2. The van der Waals surface area contributed by atoms with Crippen LogP contribution in [0.3, 0.4) is 0 Å². The molecule has 0 aliphatic heterocycles. The Balaban J connectivity index is 1.21. The normalized spacial score (nSPS) is 29.6. The van der Waals surface area contributed by atoms with Gasteiger partial charge in [0.25, 0.3) is 0 Å². The number of nitrogens with zero attached hydrogens (tertiary/aromatic N) is 1. The number of amides is 2. The highest BCUT2D eigenvalue weighted by Gasteiger charge is 2.51. The predicted molar refractivity (Wildman–Crippen MR) is 110 cm³/mol. The minimum Gasteiger partial charge on any atom is -0.477 e. The Bertz CT molecular complexity index is 896. The second-order valence-corrected chi connectivity index (χ2v) is 9.30. The fourth-order valence-corrected chi connectivity index (χ4v) is 6.30. The van der Waals surface area contributed by atoms with Crippen LogP contribution in [0, 0.1) is 17.8 Å². The molecule has 0 atom stereocenters. The van der Waals surface area contributed by atoms with Gasteiger partial charge < -0.3 is 20.3 Å². The van der Waals surface area contributed by atoms with E-state index in [2.05, 4.69) is 10.6 Å². The van der Waals surface area contributed by atoms with Gasteiger partial charge in [-0.2, -0.15) is 0 Å². The highest BCUT2D eigenvalue weighted by molar-refractivity contribution is 5.89. The van der Waals surface area contributed by atoms with Gasteiger partial charge in [0.2, 0.25) is 0 Å². The third kappa shape index (κ3) is 3.63. The third-order valence-corrected chi connectivity index (χ3v) is 7.03. The van der Waals surface area contributed by atoms with Crippen LogP contribution >= 0.6 is 0 Å². The van der Waals surface area contributed by atoms with Crippen LogP contribution in [0.1, 0.15) is 54.6 Å². The lowest BCUT2D eigenvalue weighted by atomic mass is 9.53. The summed E-state index contributed by atoms with van der Waals surface area (Å²) >= 11 is 0. The fourth-order valence-electron chi connectivity index (χ4n) is 6.30. The monoisotopic (exact) mass is 393 g/mol. The van der Waals surface area contributed by atoms with Gasteiger partial charge >= 0.3 is 12.0 Å². The number of carboxylic acids is 1. The van der Waals surface area contributed by atoms with Gasteiger partial charge in [0.05, 0.1) is 0 Å². The van der Waals surface area contributed by atoms with E-state index < -0.39 is 5.97 Å². The minimum atomic E-state index is -0.936.